The third kappa shape index (κ3) is 44.9. The van der Waals surface area contributed by atoms with Crippen molar-refractivity contribution in [2.24, 2.45) is 0 Å². The number of carbonyl (C=O) groups is 2. The molecule has 3 atom stereocenters. The van der Waals surface area contributed by atoms with Crippen molar-refractivity contribution < 1.29 is 24.5 Å². The van der Waals surface area contributed by atoms with E-state index in [1.54, 1.807) is 0 Å². The summed E-state index contributed by atoms with van der Waals surface area (Å²) < 4.78 is 5.94. The summed E-state index contributed by atoms with van der Waals surface area (Å²) in [6, 6.07) is -0.703. The molecule has 62 heavy (non-hydrogen) atoms. The van der Waals surface area contributed by atoms with Gasteiger partial charge in [-0.1, -0.05) is 231 Å². The van der Waals surface area contributed by atoms with Crippen LogP contribution in [0.5, 0.6) is 0 Å². The van der Waals surface area contributed by atoms with Gasteiger partial charge in [-0.05, 0) is 77.0 Å². The van der Waals surface area contributed by atoms with E-state index in [2.05, 4.69) is 50.4 Å². The largest absolute Gasteiger partial charge is 0.462 e. The van der Waals surface area contributed by atoms with E-state index in [9.17, 15) is 19.8 Å². The highest BCUT2D eigenvalue weighted by molar-refractivity contribution is 5.77. The summed E-state index contributed by atoms with van der Waals surface area (Å²) in [5, 5.41) is 23.8. The Hall–Kier alpha value is -1.66. The number of amides is 1. The normalized spacial score (nSPS) is 13.3. The molecule has 0 fully saturated rings. The molecule has 0 saturated heterocycles. The molecule has 1 amide bonds. The predicted octanol–water partition coefficient (Wildman–Crippen LogP) is 16.7. The van der Waals surface area contributed by atoms with Crippen LogP contribution >= 0.6 is 0 Å². The molecule has 0 rings (SSSR count). The van der Waals surface area contributed by atoms with Crippen LogP contribution in [-0.4, -0.2) is 46.9 Å². The van der Waals surface area contributed by atoms with Crippen molar-refractivity contribution in [2.45, 2.75) is 315 Å². The molecule has 3 unspecified atom stereocenters. The maximum Gasteiger partial charge on any atom is 0.306 e. The summed E-state index contributed by atoms with van der Waals surface area (Å²) in [7, 11) is 0. The smallest absolute Gasteiger partial charge is 0.306 e. The standard InChI is InChI=1S/C56H107NO5/c1-4-7-10-13-16-19-22-25-28-31-34-37-40-43-46-49-56(61)62-52(47-44-41-38-35-32-29-26-23-20-17-14-11-8-5-2)50-55(60)57-53(51-58)54(59)48-45-42-39-36-33-30-27-24-21-18-15-12-9-6-3/h19,22,29,32,52-54,58-59H,4-18,20-21,23-28,30-31,33-51H2,1-3H3,(H,57,60)/b22-19-,32-29+. The van der Waals surface area contributed by atoms with Gasteiger partial charge in [0.05, 0.1) is 25.2 Å². The maximum absolute atomic E-state index is 13.2. The van der Waals surface area contributed by atoms with Crippen LogP contribution in [0.2, 0.25) is 0 Å². The fourth-order valence-electron chi connectivity index (χ4n) is 8.54. The van der Waals surface area contributed by atoms with Gasteiger partial charge in [0, 0.05) is 6.42 Å². The van der Waals surface area contributed by atoms with Crippen LogP contribution in [0.4, 0.5) is 0 Å². The number of nitrogens with one attached hydrogen (secondary N) is 1. The second kappa shape index (κ2) is 50.3. The van der Waals surface area contributed by atoms with E-state index in [1.165, 1.54) is 193 Å². The molecular weight excluding hydrogens is 767 g/mol. The molecule has 0 aliphatic heterocycles. The van der Waals surface area contributed by atoms with E-state index in [0.717, 1.165) is 57.8 Å². The van der Waals surface area contributed by atoms with Gasteiger partial charge >= 0.3 is 5.97 Å². The Morgan fingerprint density at radius 3 is 1.18 bits per heavy atom. The van der Waals surface area contributed by atoms with Gasteiger partial charge in [-0.3, -0.25) is 9.59 Å². The van der Waals surface area contributed by atoms with Gasteiger partial charge in [-0.15, -0.1) is 0 Å². The molecule has 3 N–H and O–H groups in total. The van der Waals surface area contributed by atoms with Gasteiger partial charge in [-0.2, -0.15) is 0 Å². The van der Waals surface area contributed by atoms with Crippen molar-refractivity contribution in [2.75, 3.05) is 6.61 Å². The van der Waals surface area contributed by atoms with Gasteiger partial charge in [0.15, 0.2) is 0 Å². The van der Waals surface area contributed by atoms with Crippen LogP contribution in [0.15, 0.2) is 24.3 Å². The zero-order chi connectivity index (χ0) is 45.2. The lowest BCUT2D eigenvalue weighted by Gasteiger charge is -2.24. The molecule has 0 spiro atoms. The second-order valence-corrected chi connectivity index (χ2v) is 19.0. The average molecular weight is 874 g/mol. The highest BCUT2D eigenvalue weighted by Crippen LogP contribution is 2.18. The fourth-order valence-corrected chi connectivity index (χ4v) is 8.54. The number of carbonyl (C=O) groups excluding carboxylic acids is 2. The molecule has 0 aromatic heterocycles. The number of aliphatic hydroxyl groups is 2. The van der Waals surface area contributed by atoms with Crippen LogP contribution < -0.4 is 5.32 Å². The molecule has 0 saturated carbocycles. The van der Waals surface area contributed by atoms with Crippen LogP contribution in [0.3, 0.4) is 0 Å². The summed E-state index contributed by atoms with van der Waals surface area (Å²) in [4.78, 5) is 26.2. The molecule has 0 aromatic carbocycles. The molecule has 6 heteroatoms. The Bertz CT molecular complexity index is 981. The number of rotatable bonds is 50. The predicted molar refractivity (Wildman–Crippen MR) is 269 cm³/mol. The zero-order valence-corrected chi connectivity index (χ0v) is 41.8. The second-order valence-electron chi connectivity index (χ2n) is 19.0. The fraction of sp³-hybridized carbons (Fsp3) is 0.893. The SMILES string of the molecule is CCCCCC/C=C\CCCCCCCCCC(=O)OC(CCCCC/C=C/CCCCCCCCC)CC(=O)NC(CO)C(O)CCCCCCCCCCCCCCCC. The van der Waals surface area contributed by atoms with Gasteiger partial charge in [0.2, 0.25) is 5.91 Å². The maximum atomic E-state index is 13.2. The van der Waals surface area contributed by atoms with Gasteiger partial charge in [0.25, 0.3) is 0 Å². The quantitative estimate of drug-likeness (QED) is 0.0321. The van der Waals surface area contributed by atoms with E-state index >= 15 is 0 Å². The van der Waals surface area contributed by atoms with Crippen LogP contribution in [0, 0.1) is 0 Å². The van der Waals surface area contributed by atoms with Crippen LogP contribution in [-0.2, 0) is 14.3 Å². The lowest BCUT2D eigenvalue weighted by atomic mass is 10.0. The monoisotopic (exact) mass is 874 g/mol. The third-order valence-electron chi connectivity index (χ3n) is 12.8. The first-order chi connectivity index (χ1) is 30.5. The number of hydrogen-bond donors (Lipinski definition) is 3. The highest BCUT2D eigenvalue weighted by atomic mass is 16.5. The van der Waals surface area contributed by atoms with E-state index in [1.807, 2.05) is 0 Å². The minimum absolute atomic E-state index is 0.0697. The Labute approximate surface area is 386 Å². The Balaban J connectivity index is 4.56. The first-order valence-corrected chi connectivity index (χ1v) is 27.6. The van der Waals surface area contributed by atoms with Gasteiger partial charge in [-0.25, -0.2) is 0 Å². The van der Waals surface area contributed by atoms with E-state index < -0.39 is 18.2 Å². The lowest BCUT2D eigenvalue weighted by Crippen LogP contribution is -2.46. The van der Waals surface area contributed by atoms with Gasteiger partial charge in [0.1, 0.15) is 6.10 Å². The molecular formula is C56H107NO5. The summed E-state index contributed by atoms with van der Waals surface area (Å²) >= 11 is 0. The zero-order valence-electron chi connectivity index (χ0n) is 41.8. The Kier molecular flexibility index (Phi) is 49.0. The first kappa shape index (κ1) is 60.3. The number of aliphatic hydroxyl groups excluding tert-OH is 2. The molecule has 0 aliphatic carbocycles. The first-order valence-electron chi connectivity index (χ1n) is 27.6. The molecule has 0 heterocycles. The minimum atomic E-state index is -0.789. The Morgan fingerprint density at radius 2 is 0.774 bits per heavy atom. The van der Waals surface area contributed by atoms with Crippen molar-refractivity contribution in [3.05, 3.63) is 24.3 Å². The van der Waals surface area contributed by atoms with Crippen LogP contribution in [0.1, 0.15) is 297 Å². The van der Waals surface area contributed by atoms with Crippen molar-refractivity contribution in [3.63, 3.8) is 0 Å². The van der Waals surface area contributed by atoms with E-state index in [-0.39, 0.29) is 24.9 Å². The summed E-state index contributed by atoms with van der Waals surface area (Å²) in [5.41, 5.74) is 0. The number of esters is 1. The van der Waals surface area contributed by atoms with Crippen molar-refractivity contribution in [3.8, 4) is 0 Å². The highest BCUT2D eigenvalue weighted by Gasteiger charge is 2.24. The molecule has 366 valence electrons. The average Bonchev–Trinajstić information content (AvgIpc) is 3.26. The Morgan fingerprint density at radius 1 is 0.452 bits per heavy atom. The van der Waals surface area contributed by atoms with E-state index in [0.29, 0.717) is 19.3 Å². The molecule has 6 nitrogen and oxygen atoms in total. The van der Waals surface area contributed by atoms with Crippen LogP contribution in [0.25, 0.3) is 0 Å². The van der Waals surface area contributed by atoms with Crippen molar-refractivity contribution in [1.82, 2.24) is 5.32 Å². The van der Waals surface area contributed by atoms with E-state index in [4.69, 9.17) is 4.74 Å². The number of ether oxygens (including phenoxy) is 1. The number of unbranched alkanes of at least 4 members (excludes halogenated alkanes) is 34. The summed E-state index contributed by atoms with van der Waals surface area (Å²) in [6.07, 6.45) is 58.1. The summed E-state index contributed by atoms with van der Waals surface area (Å²) in [5.74, 6) is -0.480. The van der Waals surface area contributed by atoms with Gasteiger partial charge < -0.3 is 20.3 Å². The number of allylic oxidation sites excluding steroid dienone is 4. The topological polar surface area (TPSA) is 95.9 Å². The molecule has 0 aliphatic rings. The molecule has 0 bridgehead atoms. The third-order valence-corrected chi connectivity index (χ3v) is 12.8. The molecule has 0 aromatic rings. The lowest BCUT2D eigenvalue weighted by molar-refractivity contribution is -0.151. The molecule has 0 radical (unpaired) electrons. The van der Waals surface area contributed by atoms with Crippen molar-refractivity contribution in [1.29, 1.82) is 0 Å². The minimum Gasteiger partial charge on any atom is -0.462 e. The van der Waals surface area contributed by atoms with Crippen molar-refractivity contribution >= 4 is 11.9 Å². The summed E-state index contributed by atoms with van der Waals surface area (Å²) in [6.45, 7) is 6.49. The number of hydrogen-bond acceptors (Lipinski definition) is 5.